The van der Waals surface area contributed by atoms with Crippen molar-refractivity contribution in [1.29, 1.82) is 10.5 Å². The number of aromatic amines is 2. The predicted octanol–water partition coefficient (Wildman–Crippen LogP) is 15.2. The molecule has 0 unspecified atom stereocenters. The third kappa shape index (κ3) is 13.0. The van der Waals surface area contributed by atoms with Crippen molar-refractivity contribution in [2.45, 2.75) is 125 Å². The third-order valence-electron chi connectivity index (χ3n) is 12.4. The summed E-state index contributed by atoms with van der Waals surface area (Å²) in [5, 5.41) is 23.4. The standard InChI is InChI=1S/C64H76N10O6/c1-59(2,3)29-75-45-21-39-41(23-47(45)77-31-61(7,8)9)55-70-53(39)68-51-37-19-35(27-65)36(28-66)20-38(37)52(67-51)69-54-40-22-46(76-30-60(4,5)6)48(78-32-62(10,11)12)24-42(40)56(71-54)73-58-44-26-50(80-34-64(16,17)18)49(79-33-63(13,14)15)25-43(44)57(72-55)74-58/h19-26H,29-34H2,1-18H3,(H2,67,68,69,70,71,72,73,74). The van der Waals surface area contributed by atoms with Crippen LogP contribution >= 0.6 is 0 Å². The first-order chi connectivity index (χ1) is 37.2. The van der Waals surface area contributed by atoms with Crippen molar-refractivity contribution in [2.24, 2.45) is 32.5 Å². The van der Waals surface area contributed by atoms with Gasteiger partial charge in [-0.25, -0.2) is 29.9 Å². The van der Waals surface area contributed by atoms with Gasteiger partial charge >= 0.3 is 0 Å². The molecule has 3 aromatic heterocycles. The first kappa shape index (κ1) is 56.7. The normalized spacial score (nSPS) is 12.9. The fourth-order valence-electron chi connectivity index (χ4n) is 8.48. The van der Waals surface area contributed by atoms with Crippen LogP contribution in [0.3, 0.4) is 0 Å². The van der Waals surface area contributed by atoms with Crippen LogP contribution in [0.5, 0.6) is 34.5 Å². The number of rotatable bonds is 12. The summed E-state index contributed by atoms with van der Waals surface area (Å²) < 4.78 is 39.8. The molecular weight excluding hydrogens is 1000 g/mol. The zero-order valence-electron chi connectivity index (χ0n) is 49.9. The Morgan fingerprint density at radius 3 is 0.713 bits per heavy atom. The highest BCUT2D eigenvalue weighted by molar-refractivity contribution is 6.08. The number of nitrogens with one attached hydrogen (secondary N) is 2. The Morgan fingerprint density at radius 2 is 0.512 bits per heavy atom. The van der Waals surface area contributed by atoms with Gasteiger partial charge in [-0.3, -0.25) is 0 Å². The van der Waals surface area contributed by atoms with Crippen molar-refractivity contribution in [3.63, 3.8) is 0 Å². The molecule has 80 heavy (non-hydrogen) atoms. The van der Waals surface area contributed by atoms with E-state index in [4.69, 9.17) is 58.3 Å². The summed E-state index contributed by atoms with van der Waals surface area (Å²) >= 11 is 0. The van der Waals surface area contributed by atoms with Crippen LogP contribution in [-0.2, 0) is 0 Å². The minimum Gasteiger partial charge on any atom is -0.489 e. The molecule has 0 radical (unpaired) electrons. The van der Waals surface area contributed by atoms with Gasteiger partial charge in [0.1, 0.15) is 34.7 Å². The van der Waals surface area contributed by atoms with E-state index in [1.54, 1.807) is 12.1 Å². The van der Waals surface area contributed by atoms with Crippen molar-refractivity contribution in [3.05, 3.63) is 59.7 Å². The first-order valence-electron chi connectivity index (χ1n) is 27.3. The lowest BCUT2D eigenvalue weighted by Crippen LogP contribution is -2.19. The number of hydrogen-bond acceptors (Lipinski definition) is 14. The lowest BCUT2D eigenvalue weighted by Gasteiger charge is -2.23. The molecule has 4 aromatic carbocycles. The Labute approximate surface area is 469 Å². The monoisotopic (exact) mass is 1080 g/mol. The zero-order valence-corrected chi connectivity index (χ0v) is 49.9. The van der Waals surface area contributed by atoms with Gasteiger partial charge < -0.3 is 38.4 Å². The molecule has 0 saturated carbocycles. The van der Waals surface area contributed by atoms with E-state index >= 15 is 0 Å². The lowest BCUT2D eigenvalue weighted by molar-refractivity contribution is 0.167. The summed E-state index contributed by atoms with van der Waals surface area (Å²) in [6.45, 7) is 40.5. The molecule has 7 aromatic rings. The topological polar surface area (TPSA) is 212 Å². The summed E-state index contributed by atoms with van der Waals surface area (Å²) in [6.07, 6.45) is 0. The summed E-state index contributed by atoms with van der Waals surface area (Å²) in [6, 6.07) is 19.3. The molecule has 16 nitrogen and oxygen atoms in total. The molecule has 2 aliphatic rings. The molecule has 5 heterocycles. The molecule has 8 bridgehead atoms. The van der Waals surface area contributed by atoms with Gasteiger partial charge in [-0.05, 0) is 81.0 Å². The number of ether oxygens (including phenoxy) is 6. The molecular formula is C64H76N10O6. The van der Waals surface area contributed by atoms with Crippen molar-refractivity contribution < 1.29 is 28.4 Å². The SMILES string of the molecule is CC(C)(C)COc1cc2c(cc1OCC(C)(C)C)-c1nc-2nc2[nH]c(nc3nc(nc4[nH]c(n1)c1cc(OCC(C)(C)C)c(OCC(C)(C)C)cc41)-c1cc(C#N)c(C#N)cc1-3)c1cc(OCC(C)(C)C)c(OCC(C)(C)C)cc21. The van der Waals surface area contributed by atoms with E-state index in [9.17, 15) is 10.5 Å². The molecule has 0 atom stereocenters. The number of fused-ring (bicyclic) bond motifs is 20. The van der Waals surface area contributed by atoms with Crippen molar-refractivity contribution in [1.82, 2.24) is 39.9 Å². The minimum atomic E-state index is -0.181. The zero-order chi connectivity index (χ0) is 58.1. The van der Waals surface area contributed by atoms with Gasteiger partial charge in [0.25, 0.3) is 0 Å². The van der Waals surface area contributed by atoms with Crippen LogP contribution in [0.2, 0.25) is 0 Å². The van der Waals surface area contributed by atoms with E-state index in [1.807, 2.05) is 36.4 Å². The van der Waals surface area contributed by atoms with Crippen LogP contribution in [0.15, 0.2) is 48.5 Å². The summed E-state index contributed by atoms with van der Waals surface area (Å²) in [5.41, 5.74) is 3.24. The number of nitriles is 2. The average molecular weight is 1080 g/mol. The fourth-order valence-corrected chi connectivity index (χ4v) is 8.48. The third-order valence-corrected chi connectivity index (χ3v) is 12.4. The van der Waals surface area contributed by atoms with Gasteiger partial charge in [0.05, 0.1) is 50.8 Å². The molecule has 0 saturated heterocycles. The molecule has 2 aliphatic heterocycles. The predicted molar refractivity (Wildman–Crippen MR) is 315 cm³/mol. The Morgan fingerprint density at radius 1 is 0.312 bits per heavy atom. The maximum Gasteiger partial charge on any atom is 0.164 e. The molecule has 2 N–H and O–H groups in total. The molecule has 16 heteroatoms. The van der Waals surface area contributed by atoms with Gasteiger partial charge in [-0.2, -0.15) is 10.5 Å². The highest BCUT2D eigenvalue weighted by Gasteiger charge is 2.29. The second kappa shape index (κ2) is 20.6. The minimum absolute atomic E-state index is 0.171. The average Bonchev–Trinajstić information content (AvgIpc) is 4.11. The van der Waals surface area contributed by atoms with Gasteiger partial charge in [0, 0.05) is 43.8 Å². The quantitative estimate of drug-likeness (QED) is 0.117. The van der Waals surface area contributed by atoms with E-state index in [2.05, 4.69) is 147 Å². The van der Waals surface area contributed by atoms with Crippen LogP contribution in [0, 0.1) is 55.2 Å². The van der Waals surface area contributed by atoms with Gasteiger partial charge in [-0.1, -0.05) is 125 Å². The Balaban J connectivity index is 1.45. The van der Waals surface area contributed by atoms with Crippen LogP contribution in [0.4, 0.5) is 0 Å². The summed E-state index contributed by atoms with van der Waals surface area (Å²) in [4.78, 5) is 38.9. The molecule has 9 rings (SSSR count). The molecule has 0 aliphatic carbocycles. The van der Waals surface area contributed by atoms with Crippen molar-refractivity contribution in [3.8, 4) is 92.2 Å². The maximum atomic E-state index is 10.4. The highest BCUT2D eigenvalue weighted by Crippen LogP contribution is 2.46. The fraction of sp³-hybridized carbons (Fsp3) is 0.469. The number of hydrogen-bond donors (Lipinski definition) is 2. The Hall–Kier alpha value is -7.98. The summed E-state index contributed by atoms with van der Waals surface area (Å²) in [7, 11) is 0. The lowest BCUT2D eigenvalue weighted by atomic mass is 9.98. The summed E-state index contributed by atoms with van der Waals surface area (Å²) in [5.74, 6) is 4.41. The van der Waals surface area contributed by atoms with Crippen molar-refractivity contribution >= 4 is 44.1 Å². The number of H-pyrrole nitrogens is 2. The molecule has 0 fully saturated rings. The second-order valence-corrected chi connectivity index (χ2v) is 28.4. The van der Waals surface area contributed by atoms with Crippen LogP contribution in [0.25, 0.3) is 89.7 Å². The highest BCUT2D eigenvalue weighted by atomic mass is 16.5. The first-order valence-corrected chi connectivity index (χ1v) is 27.3. The largest absolute Gasteiger partial charge is 0.489 e. The van der Waals surface area contributed by atoms with E-state index in [0.29, 0.717) is 152 Å². The Kier molecular flexibility index (Phi) is 14.6. The number of benzene rings is 4. The molecule has 0 spiro atoms. The molecule has 418 valence electrons. The van der Waals surface area contributed by atoms with Crippen LogP contribution in [-0.4, -0.2) is 79.5 Å². The van der Waals surface area contributed by atoms with Crippen LogP contribution < -0.4 is 28.4 Å². The van der Waals surface area contributed by atoms with E-state index < -0.39 is 0 Å². The van der Waals surface area contributed by atoms with Gasteiger partial charge in [-0.15, -0.1) is 0 Å². The number of aromatic nitrogens is 8. The number of nitrogens with zero attached hydrogens (tertiary/aromatic N) is 8. The van der Waals surface area contributed by atoms with Crippen LogP contribution in [0.1, 0.15) is 136 Å². The van der Waals surface area contributed by atoms with Crippen molar-refractivity contribution in [2.75, 3.05) is 39.6 Å². The van der Waals surface area contributed by atoms with Gasteiger partial charge in [0.15, 0.2) is 57.8 Å². The maximum absolute atomic E-state index is 10.4. The second-order valence-electron chi connectivity index (χ2n) is 28.4. The smallest absolute Gasteiger partial charge is 0.164 e. The Bertz CT molecular complexity index is 3590. The van der Waals surface area contributed by atoms with E-state index in [0.717, 1.165) is 0 Å². The molecule has 0 amide bonds. The van der Waals surface area contributed by atoms with E-state index in [1.165, 1.54) is 0 Å². The van der Waals surface area contributed by atoms with E-state index in [-0.39, 0.29) is 55.3 Å². The van der Waals surface area contributed by atoms with Gasteiger partial charge in [0.2, 0.25) is 0 Å².